The Balaban J connectivity index is 1.51. The molecule has 1 fully saturated rings. The third-order valence-corrected chi connectivity index (χ3v) is 6.34. The van der Waals surface area contributed by atoms with E-state index in [9.17, 15) is 4.79 Å². The molecule has 3 rings (SSSR count). The lowest BCUT2D eigenvalue weighted by Crippen LogP contribution is -2.34. The smallest absolute Gasteiger partial charge is 0.229 e. The van der Waals surface area contributed by atoms with Gasteiger partial charge < -0.3 is 10.6 Å². The number of thioether (sulfide) groups is 1. The number of nitrogens with one attached hydrogen (secondary N) is 2. The summed E-state index contributed by atoms with van der Waals surface area (Å²) in [6, 6.07) is 4.16. The Bertz CT molecular complexity index is 578. The first kappa shape index (κ1) is 15.0. The van der Waals surface area contributed by atoms with Crippen LogP contribution in [0.2, 0.25) is 0 Å². The van der Waals surface area contributed by atoms with E-state index in [0.717, 1.165) is 36.0 Å². The quantitative estimate of drug-likeness (QED) is 0.647. The maximum atomic E-state index is 12.1. The number of amides is 1. The lowest BCUT2D eigenvalue weighted by Gasteiger charge is -2.20. The van der Waals surface area contributed by atoms with Gasteiger partial charge in [-0.1, -0.05) is 29.2 Å². The van der Waals surface area contributed by atoms with Crippen LogP contribution in [-0.2, 0) is 10.5 Å². The molecule has 0 aromatic carbocycles. The van der Waals surface area contributed by atoms with Gasteiger partial charge in [-0.25, -0.2) is 0 Å². The summed E-state index contributed by atoms with van der Waals surface area (Å²) < 4.78 is 0.893. The molecule has 0 saturated carbocycles. The van der Waals surface area contributed by atoms with Gasteiger partial charge in [0, 0.05) is 16.5 Å². The van der Waals surface area contributed by atoms with Crippen LogP contribution < -0.4 is 10.6 Å². The van der Waals surface area contributed by atoms with E-state index in [0.29, 0.717) is 5.13 Å². The van der Waals surface area contributed by atoms with Gasteiger partial charge in [0.05, 0.1) is 0 Å². The van der Waals surface area contributed by atoms with E-state index in [1.54, 1.807) is 23.1 Å². The van der Waals surface area contributed by atoms with Crippen molar-refractivity contribution in [1.29, 1.82) is 0 Å². The van der Waals surface area contributed by atoms with Crippen LogP contribution in [0.15, 0.2) is 21.9 Å². The summed E-state index contributed by atoms with van der Waals surface area (Å²) >= 11 is 4.84. The van der Waals surface area contributed by atoms with Crippen molar-refractivity contribution in [2.24, 2.45) is 5.92 Å². The zero-order valence-corrected chi connectivity index (χ0v) is 13.8. The van der Waals surface area contributed by atoms with Gasteiger partial charge >= 0.3 is 0 Å². The van der Waals surface area contributed by atoms with Crippen LogP contribution in [0.3, 0.4) is 0 Å². The number of hydrogen-bond donors (Lipinski definition) is 2. The molecule has 0 unspecified atom stereocenters. The highest BCUT2D eigenvalue weighted by molar-refractivity contribution is 8.00. The van der Waals surface area contributed by atoms with Crippen LogP contribution in [0.4, 0.5) is 5.13 Å². The van der Waals surface area contributed by atoms with Crippen LogP contribution in [0.5, 0.6) is 0 Å². The number of carbonyl (C=O) groups is 1. The van der Waals surface area contributed by atoms with Gasteiger partial charge in [-0.15, -0.1) is 21.5 Å². The Hall–Kier alpha value is -0.960. The van der Waals surface area contributed by atoms with Crippen molar-refractivity contribution in [3.8, 4) is 0 Å². The van der Waals surface area contributed by atoms with Crippen LogP contribution in [0, 0.1) is 5.92 Å². The second kappa shape index (κ2) is 7.35. The highest BCUT2D eigenvalue weighted by atomic mass is 32.2. The highest BCUT2D eigenvalue weighted by Crippen LogP contribution is 2.29. The normalized spacial score (nSPS) is 16.0. The van der Waals surface area contributed by atoms with E-state index in [-0.39, 0.29) is 11.8 Å². The predicted molar refractivity (Wildman–Crippen MR) is 88.0 cm³/mol. The van der Waals surface area contributed by atoms with Gasteiger partial charge in [-0.05, 0) is 37.4 Å². The second-order valence-electron chi connectivity index (χ2n) is 4.75. The molecule has 1 amide bonds. The zero-order chi connectivity index (χ0) is 14.5. The number of rotatable bonds is 5. The molecule has 2 N–H and O–H groups in total. The minimum Gasteiger partial charge on any atom is -0.317 e. The summed E-state index contributed by atoms with van der Waals surface area (Å²) in [6.07, 6.45) is 1.79. The summed E-state index contributed by atoms with van der Waals surface area (Å²) in [5.41, 5.74) is 0. The van der Waals surface area contributed by atoms with Crippen molar-refractivity contribution in [2.75, 3.05) is 18.4 Å². The summed E-state index contributed by atoms with van der Waals surface area (Å²) in [5, 5.41) is 17.0. The zero-order valence-electron chi connectivity index (χ0n) is 11.4. The second-order valence-corrected chi connectivity index (χ2v) is 7.99. The minimum absolute atomic E-state index is 0.0717. The number of carbonyl (C=O) groups excluding carboxylic acids is 1. The molecule has 0 spiro atoms. The Kier molecular flexibility index (Phi) is 5.23. The fourth-order valence-electron chi connectivity index (χ4n) is 2.14. The molecule has 112 valence electrons. The molecule has 2 aromatic heterocycles. The fourth-order valence-corrected chi connectivity index (χ4v) is 4.67. The van der Waals surface area contributed by atoms with E-state index in [4.69, 9.17) is 0 Å². The first-order chi connectivity index (χ1) is 10.3. The van der Waals surface area contributed by atoms with E-state index >= 15 is 0 Å². The van der Waals surface area contributed by atoms with Crippen LogP contribution >= 0.6 is 34.4 Å². The highest BCUT2D eigenvalue weighted by Gasteiger charge is 2.21. The van der Waals surface area contributed by atoms with Crippen molar-refractivity contribution in [3.63, 3.8) is 0 Å². The van der Waals surface area contributed by atoms with Gasteiger partial charge in [0.15, 0.2) is 4.34 Å². The average Bonchev–Trinajstić information content (AvgIpc) is 3.17. The Labute approximate surface area is 135 Å². The Morgan fingerprint density at radius 3 is 3.05 bits per heavy atom. The van der Waals surface area contributed by atoms with Crippen molar-refractivity contribution in [2.45, 2.75) is 22.9 Å². The van der Waals surface area contributed by atoms with E-state index in [1.165, 1.54) is 16.2 Å². The van der Waals surface area contributed by atoms with E-state index < -0.39 is 0 Å². The van der Waals surface area contributed by atoms with Crippen molar-refractivity contribution < 1.29 is 4.79 Å². The molecule has 21 heavy (non-hydrogen) atoms. The molecule has 1 aliphatic rings. The maximum absolute atomic E-state index is 12.1. The third-order valence-electron chi connectivity index (χ3n) is 3.26. The molecule has 0 aliphatic carbocycles. The van der Waals surface area contributed by atoms with Gasteiger partial charge in [0.25, 0.3) is 0 Å². The first-order valence-electron chi connectivity index (χ1n) is 6.81. The predicted octanol–water partition coefficient (Wildman–Crippen LogP) is 2.83. The molecule has 1 saturated heterocycles. The number of piperidine rings is 1. The summed E-state index contributed by atoms with van der Waals surface area (Å²) in [4.78, 5) is 13.4. The molecule has 2 aromatic rings. The molecular weight excluding hydrogens is 324 g/mol. The molecule has 5 nitrogen and oxygen atoms in total. The van der Waals surface area contributed by atoms with Gasteiger partial charge in [0.1, 0.15) is 0 Å². The van der Waals surface area contributed by atoms with Gasteiger partial charge in [-0.3, -0.25) is 4.79 Å². The SMILES string of the molecule is O=C(Nc1nnc(SCc2cccs2)s1)C1CCNCC1. The minimum atomic E-state index is 0.0717. The summed E-state index contributed by atoms with van der Waals surface area (Å²) in [5.74, 6) is 1.06. The van der Waals surface area contributed by atoms with Crippen molar-refractivity contribution in [1.82, 2.24) is 15.5 Å². The maximum Gasteiger partial charge on any atom is 0.229 e. The molecule has 3 heterocycles. The number of nitrogens with zero attached hydrogens (tertiary/aromatic N) is 2. The standard InChI is InChI=1S/C13H16N4OS3/c18-11(9-3-5-14-6-4-9)15-12-16-17-13(21-12)20-8-10-2-1-7-19-10/h1-2,7,9,14H,3-6,8H2,(H,15,16,18). The topological polar surface area (TPSA) is 66.9 Å². The number of anilines is 1. The van der Waals surface area contributed by atoms with E-state index in [2.05, 4.69) is 32.3 Å². The molecule has 0 radical (unpaired) electrons. The fraction of sp³-hybridized carbons (Fsp3) is 0.462. The Morgan fingerprint density at radius 1 is 1.43 bits per heavy atom. The Morgan fingerprint density at radius 2 is 2.29 bits per heavy atom. The molecule has 0 atom stereocenters. The lowest BCUT2D eigenvalue weighted by atomic mass is 9.97. The number of aromatic nitrogens is 2. The number of hydrogen-bond acceptors (Lipinski definition) is 7. The van der Waals surface area contributed by atoms with Crippen LogP contribution in [0.25, 0.3) is 0 Å². The molecule has 0 bridgehead atoms. The summed E-state index contributed by atoms with van der Waals surface area (Å²) in [7, 11) is 0. The third kappa shape index (κ3) is 4.26. The van der Waals surface area contributed by atoms with Crippen LogP contribution in [-0.4, -0.2) is 29.2 Å². The largest absolute Gasteiger partial charge is 0.317 e. The van der Waals surface area contributed by atoms with Gasteiger partial charge in [-0.2, -0.15) is 0 Å². The average molecular weight is 340 g/mol. The van der Waals surface area contributed by atoms with Gasteiger partial charge in [0.2, 0.25) is 11.0 Å². The van der Waals surface area contributed by atoms with E-state index in [1.807, 2.05) is 6.07 Å². The van der Waals surface area contributed by atoms with Crippen LogP contribution in [0.1, 0.15) is 17.7 Å². The molecular formula is C13H16N4OS3. The molecule has 1 aliphatic heterocycles. The summed E-state index contributed by atoms with van der Waals surface area (Å²) in [6.45, 7) is 1.83. The first-order valence-corrected chi connectivity index (χ1v) is 9.50. The number of thiophene rings is 1. The monoisotopic (exact) mass is 340 g/mol. The molecule has 8 heteroatoms. The van der Waals surface area contributed by atoms with Crippen molar-refractivity contribution in [3.05, 3.63) is 22.4 Å². The lowest BCUT2D eigenvalue weighted by molar-refractivity contribution is -0.120. The van der Waals surface area contributed by atoms with Crippen molar-refractivity contribution >= 4 is 45.5 Å².